The fourth-order valence-corrected chi connectivity index (χ4v) is 1.51. The van der Waals surface area contributed by atoms with Crippen LogP contribution in [0.1, 0.15) is 26.7 Å². The first-order valence-corrected chi connectivity index (χ1v) is 6.61. The van der Waals surface area contributed by atoms with Crippen molar-refractivity contribution in [1.29, 1.82) is 0 Å². The Hall–Kier alpha value is -2.05. The summed E-state index contributed by atoms with van der Waals surface area (Å²) in [7, 11) is 3.45. The van der Waals surface area contributed by atoms with Gasteiger partial charge in [-0.15, -0.1) is 0 Å². The van der Waals surface area contributed by atoms with E-state index in [1.54, 1.807) is 32.8 Å². The molecule has 8 heteroatoms. The molecule has 0 aliphatic rings. The van der Waals surface area contributed by atoms with Crippen molar-refractivity contribution in [3.8, 4) is 0 Å². The minimum absolute atomic E-state index is 0.0375. The number of Topliss-reactive ketones (excluding diaryl/α,β-unsaturated/α-hetero) is 1. The zero-order valence-electron chi connectivity index (χ0n) is 12.8. The topological polar surface area (TPSA) is 112 Å². The molecule has 0 saturated heterocycles. The number of carbonyl (C=O) groups excluding carboxylic acids is 3. The summed E-state index contributed by atoms with van der Waals surface area (Å²) in [5.74, 6) is -1.37. The standard InChI is InChI=1S/C13H22N4O4/c1-9(2)21-13(20)11(6-5-10(18)7-15-14)16-12(19)8-17(3)4/h7,9,11H,5-6,8H2,1-4H3,(H,16,19)/t11-/m0/s1. The number of likely N-dealkylation sites (N-methyl/N-ethyl adjacent to an activating group) is 1. The lowest BCUT2D eigenvalue weighted by Gasteiger charge is -2.19. The largest absolute Gasteiger partial charge is 0.461 e. The maximum absolute atomic E-state index is 11.9. The quantitative estimate of drug-likeness (QED) is 0.270. The molecule has 0 rings (SSSR count). The number of nitrogens with one attached hydrogen (secondary N) is 1. The summed E-state index contributed by atoms with van der Waals surface area (Å²) in [6.45, 7) is 3.51. The molecule has 0 unspecified atom stereocenters. The molecule has 0 bridgehead atoms. The van der Waals surface area contributed by atoms with Gasteiger partial charge in [-0.25, -0.2) is 4.79 Å². The van der Waals surface area contributed by atoms with Crippen LogP contribution >= 0.6 is 0 Å². The van der Waals surface area contributed by atoms with Crippen LogP contribution in [0.4, 0.5) is 0 Å². The van der Waals surface area contributed by atoms with E-state index in [0.717, 1.165) is 6.21 Å². The summed E-state index contributed by atoms with van der Waals surface area (Å²) >= 11 is 0. The molecule has 21 heavy (non-hydrogen) atoms. The van der Waals surface area contributed by atoms with Crippen LogP contribution in [0.15, 0.2) is 0 Å². The predicted molar refractivity (Wildman–Crippen MR) is 75.6 cm³/mol. The van der Waals surface area contributed by atoms with E-state index in [-0.39, 0.29) is 31.4 Å². The predicted octanol–water partition coefficient (Wildman–Crippen LogP) is -0.366. The molecule has 0 heterocycles. The van der Waals surface area contributed by atoms with E-state index in [2.05, 4.69) is 10.1 Å². The highest BCUT2D eigenvalue weighted by Crippen LogP contribution is 2.03. The van der Waals surface area contributed by atoms with E-state index in [4.69, 9.17) is 10.3 Å². The number of hydrogen-bond donors (Lipinski definition) is 1. The molecule has 0 aliphatic carbocycles. The average Bonchev–Trinajstić information content (AvgIpc) is 2.32. The van der Waals surface area contributed by atoms with Crippen molar-refractivity contribution in [3.05, 3.63) is 5.53 Å². The molecule has 0 aromatic rings. The lowest BCUT2D eigenvalue weighted by atomic mass is 10.1. The average molecular weight is 298 g/mol. The highest BCUT2D eigenvalue weighted by atomic mass is 16.5. The van der Waals surface area contributed by atoms with Crippen LogP contribution in [0.25, 0.3) is 5.53 Å². The van der Waals surface area contributed by atoms with Crippen molar-refractivity contribution in [2.75, 3.05) is 20.6 Å². The monoisotopic (exact) mass is 298 g/mol. The molecule has 0 spiro atoms. The van der Waals surface area contributed by atoms with Gasteiger partial charge in [0, 0.05) is 6.42 Å². The van der Waals surface area contributed by atoms with E-state index in [1.165, 1.54) is 0 Å². The Bertz CT molecular complexity index is 428. The van der Waals surface area contributed by atoms with Gasteiger partial charge < -0.3 is 20.5 Å². The molecule has 8 nitrogen and oxygen atoms in total. The van der Waals surface area contributed by atoms with Gasteiger partial charge in [0.05, 0.1) is 12.6 Å². The zero-order chi connectivity index (χ0) is 16.4. The summed E-state index contributed by atoms with van der Waals surface area (Å²) in [5, 5.41) is 2.54. The molecule has 0 saturated carbocycles. The smallest absolute Gasteiger partial charge is 0.328 e. The first-order chi connectivity index (χ1) is 9.76. The van der Waals surface area contributed by atoms with E-state index in [1.807, 2.05) is 0 Å². The van der Waals surface area contributed by atoms with E-state index < -0.39 is 17.8 Å². The summed E-state index contributed by atoms with van der Waals surface area (Å²) in [6.07, 6.45) is 0.479. The van der Waals surface area contributed by atoms with Crippen LogP contribution in [0.5, 0.6) is 0 Å². The van der Waals surface area contributed by atoms with Crippen molar-refractivity contribution in [2.24, 2.45) is 0 Å². The molecular formula is C13H22N4O4. The van der Waals surface area contributed by atoms with Crippen molar-refractivity contribution in [1.82, 2.24) is 10.2 Å². The third-order valence-electron chi connectivity index (χ3n) is 2.31. The minimum atomic E-state index is -0.907. The molecular weight excluding hydrogens is 276 g/mol. The van der Waals surface area contributed by atoms with Crippen LogP contribution in [-0.4, -0.2) is 66.4 Å². The second kappa shape index (κ2) is 9.79. The fraction of sp³-hybridized carbons (Fsp3) is 0.692. The van der Waals surface area contributed by atoms with Crippen LogP contribution in [0.3, 0.4) is 0 Å². The van der Waals surface area contributed by atoms with E-state index in [9.17, 15) is 14.4 Å². The van der Waals surface area contributed by atoms with Crippen LogP contribution in [0.2, 0.25) is 0 Å². The van der Waals surface area contributed by atoms with Crippen molar-refractivity contribution < 1.29 is 23.9 Å². The minimum Gasteiger partial charge on any atom is -0.461 e. The van der Waals surface area contributed by atoms with Crippen LogP contribution in [-0.2, 0) is 19.1 Å². The number of nitrogens with zero attached hydrogens (tertiary/aromatic N) is 3. The third kappa shape index (κ3) is 9.48. The van der Waals surface area contributed by atoms with Gasteiger partial charge in [-0.05, 0) is 34.4 Å². The lowest BCUT2D eigenvalue weighted by Crippen LogP contribution is -2.45. The molecule has 1 atom stereocenters. The highest BCUT2D eigenvalue weighted by molar-refractivity contribution is 6.25. The lowest BCUT2D eigenvalue weighted by molar-refractivity contribution is -0.151. The molecule has 1 N–H and O–H groups in total. The first-order valence-electron chi connectivity index (χ1n) is 6.61. The second-order valence-corrected chi connectivity index (χ2v) is 5.09. The summed E-state index contributed by atoms with van der Waals surface area (Å²) in [5.41, 5.74) is 8.26. The number of esters is 1. The van der Waals surface area contributed by atoms with Crippen LogP contribution in [0, 0.1) is 0 Å². The molecule has 0 aromatic heterocycles. The molecule has 1 amide bonds. The van der Waals surface area contributed by atoms with E-state index in [0.29, 0.717) is 0 Å². The van der Waals surface area contributed by atoms with Crippen molar-refractivity contribution >= 4 is 23.9 Å². The number of ether oxygens (including phenoxy) is 1. The maximum atomic E-state index is 11.9. The Kier molecular flexibility index (Phi) is 8.84. The number of rotatable bonds is 9. The van der Waals surface area contributed by atoms with Crippen LogP contribution < -0.4 is 5.32 Å². The number of ketones is 1. The fourth-order valence-electron chi connectivity index (χ4n) is 1.51. The Morgan fingerprint density at radius 1 is 1.33 bits per heavy atom. The van der Waals surface area contributed by atoms with Gasteiger partial charge in [-0.2, -0.15) is 4.79 Å². The molecule has 118 valence electrons. The number of hydrogen-bond acceptors (Lipinski definition) is 5. The Labute approximate surface area is 124 Å². The summed E-state index contributed by atoms with van der Waals surface area (Å²) in [4.78, 5) is 39.2. The molecule has 0 fully saturated rings. The van der Waals surface area contributed by atoms with Gasteiger partial charge in [0.15, 0.2) is 0 Å². The van der Waals surface area contributed by atoms with Crippen molar-refractivity contribution in [3.63, 3.8) is 0 Å². The number of amides is 1. The molecule has 0 radical (unpaired) electrons. The summed E-state index contributed by atoms with van der Waals surface area (Å²) in [6, 6.07) is -0.907. The second-order valence-electron chi connectivity index (χ2n) is 5.09. The molecule has 0 aromatic carbocycles. The third-order valence-corrected chi connectivity index (χ3v) is 2.31. The molecule has 0 aliphatic heterocycles. The maximum Gasteiger partial charge on any atom is 0.328 e. The Balaban J connectivity index is 4.68. The normalized spacial score (nSPS) is 11.7. The number of carbonyl (C=O) groups is 3. The van der Waals surface area contributed by atoms with Gasteiger partial charge in [0.1, 0.15) is 6.04 Å². The van der Waals surface area contributed by atoms with Gasteiger partial charge in [-0.3, -0.25) is 9.59 Å². The van der Waals surface area contributed by atoms with Gasteiger partial charge >= 0.3 is 12.2 Å². The van der Waals surface area contributed by atoms with Gasteiger partial charge in [-0.1, -0.05) is 0 Å². The summed E-state index contributed by atoms with van der Waals surface area (Å²) < 4.78 is 5.05. The Morgan fingerprint density at radius 3 is 2.43 bits per heavy atom. The van der Waals surface area contributed by atoms with Gasteiger partial charge in [0.2, 0.25) is 11.7 Å². The zero-order valence-corrected chi connectivity index (χ0v) is 12.8. The van der Waals surface area contributed by atoms with Gasteiger partial charge in [0.25, 0.3) is 0 Å². The van der Waals surface area contributed by atoms with Crippen molar-refractivity contribution in [2.45, 2.75) is 38.8 Å². The van der Waals surface area contributed by atoms with E-state index >= 15 is 0 Å². The Morgan fingerprint density at radius 2 is 1.95 bits per heavy atom. The first kappa shape index (κ1) is 18.9. The SMILES string of the molecule is CC(C)OC(=O)[C@H](CCC(=O)C=[N+]=[N-])NC(=O)CN(C)C. The highest BCUT2D eigenvalue weighted by Gasteiger charge is 2.24.